The lowest BCUT2D eigenvalue weighted by Gasteiger charge is -2.17. The summed E-state index contributed by atoms with van der Waals surface area (Å²) in [5.41, 5.74) is 2.54. The average molecular weight is 279 g/mol. The van der Waals surface area contributed by atoms with Gasteiger partial charge in [-0.25, -0.2) is 0 Å². The van der Waals surface area contributed by atoms with Gasteiger partial charge in [0.15, 0.2) is 5.78 Å². The van der Waals surface area contributed by atoms with E-state index in [2.05, 4.69) is 5.32 Å². The molecule has 1 unspecified atom stereocenters. The summed E-state index contributed by atoms with van der Waals surface area (Å²) >= 11 is 0. The van der Waals surface area contributed by atoms with Crippen molar-refractivity contribution in [3.05, 3.63) is 34.9 Å². The topological polar surface area (TPSA) is 86.6 Å². The number of hydrogen-bond acceptors (Lipinski definition) is 4. The minimum atomic E-state index is -0.936. The van der Waals surface area contributed by atoms with Gasteiger partial charge in [-0.3, -0.25) is 9.59 Å². The number of benzene rings is 1. The van der Waals surface area contributed by atoms with Crippen LogP contribution in [0, 0.1) is 13.8 Å². The maximum atomic E-state index is 12.5. The van der Waals surface area contributed by atoms with Gasteiger partial charge in [-0.2, -0.15) is 0 Å². The van der Waals surface area contributed by atoms with E-state index in [1.165, 1.54) is 0 Å². The number of rotatable bonds is 8. The van der Waals surface area contributed by atoms with Crippen LogP contribution in [-0.2, 0) is 4.79 Å². The van der Waals surface area contributed by atoms with Crippen molar-refractivity contribution in [3.63, 3.8) is 0 Å². The molecule has 0 aliphatic rings. The highest BCUT2D eigenvalue weighted by Gasteiger charge is 2.21. The Bertz CT molecular complexity index is 485. The molecule has 0 saturated heterocycles. The molecule has 0 heterocycles. The number of aliphatic hydroxyl groups excluding tert-OH is 1. The Morgan fingerprint density at radius 1 is 1.30 bits per heavy atom. The van der Waals surface area contributed by atoms with Gasteiger partial charge in [0.05, 0.1) is 12.6 Å². The monoisotopic (exact) mass is 279 g/mol. The number of carbonyl (C=O) groups excluding carboxylic acids is 1. The molecular weight excluding hydrogens is 258 g/mol. The fraction of sp³-hybridized carbons (Fsp3) is 0.467. The van der Waals surface area contributed by atoms with Crippen molar-refractivity contribution in [1.82, 2.24) is 5.32 Å². The van der Waals surface area contributed by atoms with Crippen LogP contribution in [0.15, 0.2) is 18.2 Å². The quantitative estimate of drug-likeness (QED) is 0.624. The van der Waals surface area contributed by atoms with Gasteiger partial charge in [-0.15, -0.1) is 0 Å². The van der Waals surface area contributed by atoms with Gasteiger partial charge >= 0.3 is 5.97 Å². The molecule has 0 aliphatic heterocycles. The molecule has 0 saturated carbocycles. The SMILES string of the molecule is Cc1ccc(C(=O)C(CCC(=O)O)NCCO)c(C)c1. The molecule has 0 bridgehead atoms. The van der Waals surface area contributed by atoms with Crippen LogP contribution < -0.4 is 5.32 Å². The van der Waals surface area contributed by atoms with E-state index in [9.17, 15) is 9.59 Å². The predicted octanol–water partition coefficient (Wildman–Crippen LogP) is 1.30. The number of nitrogens with one attached hydrogen (secondary N) is 1. The van der Waals surface area contributed by atoms with Crippen molar-refractivity contribution in [3.8, 4) is 0 Å². The van der Waals surface area contributed by atoms with E-state index >= 15 is 0 Å². The molecule has 5 heteroatoms. The molecule has 110 valence electrons. The van der Waals surface area contributed by atoms with Gasteiger partial charge in [0.1, 0.15) is 0 Å². The minimum Gasteiger partial charge on any atom is -0.481 e. The lowest BCUT2D eigenvalue weighted by molar-refractivity contribution is -0.137. The molecular formula is C15H21NO4. The number of carboxylic acids is 1. The van der Waals surface area contributed by atoms with Crippen molar-refractivity contribution < 1.29 is 19.8 Å². The van der Waals surface area contributed by atoms with Crippen LogP contribution in [0.1, 0.15) is 34.3 Å². The number of ketones is 1. The van der Waals surface area contributed by atoms with Crippen LogP contribution in [0.4, 0.5) is 0 Å². The second-order valence-corrected chi connectivity index (χ2v) is 4.85. The zero-order valence-corrected chi connectivity index (χ0v) is 11.8. The summed E-state index contributed by atoms with van der Waals surface area (Å²) in [6.07, 6.45) is 0.126. The zero-order chi connectivity index (χ0) is 15.1. The summed E-state index contributed by atoms with van der Waals surface area (Å²) in [6.45, 7) is 3.98. The molecule has 5 nitrogen and oxygen atoms in total. The first-order chi connectivity index (χ1) is 9.45. The molecule has 20 heavy (non-hydrogen) atoms. The highest BCUT2D eigenvalue weighted by atomic mass is 16.4. The van der Waals surface area contributed by atoms with E-state index in [0.717, 1.165) is 11.1 Å². The Labute approximate surface area is 118 Å². The third-order valence-electron chi connectivity index (χ3n) is 3.11. The van der Waals surface area contributed by atoms with Gasteiger partial charge in [-0.05, 0) is 25.8 Å². The van der Waals surface area contributed by atoms with E-state index < -0.39 is 12.0 Å². The van der Waals surface area contributed by atoms with Crippen molar-refractivity contribution in [2.45, 2.75) is 32.7 Å². The van der Waals surface area contributed by atoms with Gasteiger partial charge in [-0.1, -0.05) is 23.8 Å². The molecule has 0 aliphatic carbocycles. The predicted molar refractivity (Wildman–Crippen MR) is 76.0 cm³/mol. The summed E-state index contributed by atoms with van der Waals surface area (Å²) in [7, 11) is 0. The number of carbonyl (C=O) groups is 2. The molecule has 0 spiro atoms. The Kier molecular flexibility index (Phi) is 6.35. The average Bonchev–Trinajstić information content (AvgIpc) is 2.38. The minimum absolute atomic E-state index is 0.0836. The van der Waals surface area contributed by atoms with E-state index in [1.807, 2.05) is 26.0 Å². The summed E-state index contributed by atoms with van der Waals surface area (Å²) in [6, 6.07) is 4.97. The first kappa shape index (κ1) is 16.3. The number of Topliss-reactive ketones (excluding diaryl/α,β-unsaturated/α-hetero) is 1. The molecule has 1 aromatic rings. The van der Waals surface area contributed by atoms with Crippen molar-refractivity contribution in [2.24, 2.45) is 0 Å². The van der Waals surface area contributed by atoms with Crippen LogP contribution in [0.2, 0.25) is 0 Å². The molecule has 1 atom stereocenters. The highest BCUT2D eigenvalue weighted by Crippen LogP contribution is 2.15. The Morgan fingerprint density at radius 2 is 2.00 bits per heavy atom. The van der Waals surface area contributed by atoms with Gasteiger partial charge in [0.2, 0.25) is 0 Å². The summed E-state index contributed by atoms with van der Waals surface area (Å²) in [5.74, 6) is -1.06. The second-order valence-electron chi connectivity index (χ2n) is 4.85. The Morgan fingerprint density at radius 3 is 2.55 bits per heavy atom. The molecule has 0 radical (unpaired) electrons. The Hall–Kier alpha value is -1.72. The fourth-order valence-corrected chi connectivity index (χ4v) is 2.11. The number of aliphatic carboxylic acids is 1. The van der Waals surface area contributed by atoms with Crippen LogP contribution in [0.25, 0.3) is 0 Å². The molecule has 0 amide bonds. The van der Waals surface area contributed by atoms with Crippen LogP contribution in [-0.4, -0.2) is 41.2 Å². The lowest BCUT2D eigenvalue weighted by Crippen LogP contribution is -2.39. The van der Waals surface area contributed by atoms with Crippen LogP contribution in [0.3, 0.4) is 0 Å². The number of aliphatic hydroxyl groups is 1. The third kappa shape index (κ3) is 4.75. The smallest absolute Gasteiger partial charge is 0.303 e. The fourth-order valence-electron chi connectivity index (χ4n) is 2.11. The molecule has 1 aromatic carbocycles. The van der Waals surface area contributed by atoms with Crippen LogP contribution >= 0.6 is 0 Å². The standard InChI is InChI=1S/C15H21NO4/c1-10-3-4-12(11(2)9-10)15(20)13(16-7-8-17)5-6-14(18)19/h3-4,9,13,16-17H,5-8H2,1-2H3,(H,18,19). The van der Waals surface area contributed by atoms with Crippen molar-refractivity contribution >= 4 is 11.8 Å². The highest BCUT2D eigenvalue weighted by molar-refractivity contribution is 6.01. The molecule has 3 N–H and O–H groups in total. The summed E-state index contributed by atoms with van der Waals surface area (Å²) < 4.78 is 0. The zero-order valence-electron chi connectivity index (χ0n) is 11.8. The van der Waals surface area contributed by atoms with Crippen molar-refractivity contribution in [1.29, 1.82) is 0 Å². The summed E-state index contributed by atoms with van der Waals surface area (Å²) in [4.78, 5) is 23.1. The van der Waals surface area contributed by atoms with Crippen molar-refractivity contribution in [2.75, 3.05) is 13.2 Å². The number of hydrogen-bond donors (Lipinski definition) is 3. The van der Waals surface area contributed by atoms with E-state index in [1.54, 1.807) is 6.07 Å². The van der Waals surface area contributed by atoms with E-state index in [4.69, 9.17) is 10.2 Å². The molecule has 1 rings (SSSR count). The number of carboxylic acid groups (broad SMARTS) is 1. The van der Waals surface area contributed by atoms with Crippen LogP contribution in [0.5, 0.6) is 0 Å². The first-order valence-electron chi connectivity index (χ1n) is 6.63. The Balaban J connectivity index is 2.87. The molecule has 0 aromatic heterocycles. The largest absolute Gasteiger partial charge is 0.481 e. The van der Waals surface area contributed by atoms with Gasteiger partial charge in [0, 0.05) is 18.5 Å². The molecule has 0 fully saturated rings. The van der Waals surface area contributed by atoms with Gasteiger partial charge in [0.25, 0.3) is 0 Å². The lowest BCUT2D eigenvalue weighted by atomic mass is 9.95. The first-order valence-corrected chi connectivity index (χ1v) is 6.63. The normalized spacial score (nSPS) is 12.2. The van der Waals surface area contributed by atoms with E-state index in [-0.39, 0.29) is 31.8 Å². The maximum absolute atomic E-state index is 12.5. The number of aryl methyl sites for hydroxylation is 2. The maximum Gasteiger partial charge on any atom is 0.303 e. The van der Waals surface area contributed by atoms with Gasteiger partial charge < -0.3 is 15.5 Å². The van der Waals surface area contributed by atoms with E-state index in [0.29, 0.717) is 5.56 Å². The third-order valence-corrected chi connectivity index (χ3v) is 3.11. The summed E-state index contributed by atoms with van der Waals surface area (Å²) in [5, 5.41) is 20.5. The second kappa shape index (κ2) is 7.77.